The average molecular weight is 440 g/mol. The van der Waals surface area contributed by atoms with Crippen LogP contribution in [0.15, 0.2) is 44.8 Å². The molecule has 0 aliphatic carbocycles. The van der Waals surface area contributed by atoms with Crippen molar-refractivity contribution in [3.63, 3.8) is 0 Å². The third-order valence-corrected chi connectivity index (χ3v) is 5.45. The van der Waals surface area contributed by atoms with Gasteiger partial charge in [-0.05, 0) is 24.3 Å². The van der Waals surface area contributed by atoms with E-state index in [1.165, 1.54) is 26.0 Å². The van der Waals surface area contributed by atoms with Crippen molar-refractivity contribution in [2.45, 2.75) is 11.0 Å². The summed E-state index contributed by atoms with van der Waals surface area (Å²) in [6.07, 6.45) is 0. The lowest BCUT2D eigenvalue weighted by Crippen LogP contribution is -2.11. The van der Waals surface area contributed by atoms with Crippen LogP contribution in [0.1, 0.15) is 5.82 Å². The molecule has 0 spiro atoms. The Hall–Kier alpha value is -3.73. The number of H-pyrrole nitrogens is 1. The minimum absolute atomic E-state index is 0.194. The fourth-order valence-electron chi connectivity index (χ4n) is 3.13. The summed E-state index contributed by atoms with van der Waals surface area (Å²) in [5.74, 6) is 3.44. The van der Waals surface area contributed by atoms with Gasteiger partial charge >= 0.3 is 0 Å². The molecule has 31 heavy (non-hydrogen) atoms. The summed E-state index contributed by atoms with van der Waals surface area (Å²) in [6, 6.07) is 8.67. The molecule has 0 unspecified atom stereocenters. The van der Waals surface area contributed by atoms with E-state index in [0.29, 0.717) is 56.6 Å². The van der Waals surface area contributed by atoms with Crippen molar-refractivity contribution >= 4 is 22.7 Å². The van der Waals surface area contributed by atoms with Gasteiger partial charge in [-0.1, -0.05) is 11.8 Å². The first-order chi connectivity index (χ1) is 15.1. The number of rotatable bonds is 6. The van der Waals surface area contributed by atoms with Crippen molar-refractivity contribution in [1.82, 2.24) is 20.2 Å². The van der Waals surface area contributed by atoms with Gasteiger partial charge in [0.15, 0.2) is 23.0 Å². The van der Waals surface area contributed by atoms with Crippen LogP contribution in [-0.2, 0) is 5.75 Å². The third kappa shape index (κ3) is 3.63. The van der Waals surface area contributed by atoms with Crippen LogP contribution in [0, 0.1) is 0 Å². The lowest BCUT2D eigenvalue weighted by molar-refractivity contribution is 0.174. The maximum Gasteiger partial charge on any atom is 0.277 e. The molecule has 158 valence electrons. The first-order valence-corrected chi connectivity index (χ1v) is 10.1. The molecule has 1 aliphatic heterocycles. The van der Waals surface area contributed by atoms with Gasteiger partial charge in [-0.15, -0.1) is 10.2 Å². The fraction of sp³-hybridized carbons (Fsp3) is 0.200. The molecule has 2 aromatic carbocycles. The molecule has 0 atom stereocenters. The number of fused-ring (bicyclic) bond motifs is 2. The highest BCUT2D eigenvalue weighted by molar-refractivity contribution is 7.98. The van der Waals surface area contributed by atoms with Crippen LogP contribution in [0.3, 0.4) is 0 Å². The van der Waals surface area contributed by atoms with E-state index in [1.807, 2.05) is 6.07 Å². The molecule has 0 fully saturated rings. The Morgan fingerprint density at radius 1 is 1.06 bits per heavy atom. The number of nitrogens with one attached hydrogen (secondary N) is 1. The monoisotopic (exact) mass is 440 g/mol. The predicted octanol–water partition coefficient (Wildman–Crippen LogP) is 3.01. The maximum atomic E-state index is 12.5. The fourth-order valence-corrected chi connectivity index (χ4v) is 3.76. The van der Waals surface area contributed by atoms with E-state index in [2.05, 4.69) is 20.2 Å². The normalized spacial score (nSPS) is 12.3. The van der Waals surface area contributed by atoms with Crippen LogP contribution in [0.5, 0.6) is 23.0 Å². The highest BCUT2D eigenvalue weighted by Crippen LogP contribution is 2.36. The van der Waals surface area contributed by atoms with Crippen molar-refractivity contribution in [2.24, 2.45) is 0 Å². The summed E-state index contributed by atoms with van der Waals surface area (Å²) in [7, 11) is 3.04. The zero-order valence-electron chi connectivity index (χ0n) is 16.5. The molecule has 0 saturated heterocycles. The first kappa shape index (κ1) is 19.2. The number of thioether (sulfide) groups is 1. The summed E-state index contributed by atoms with van der Waals surface area (Å²) < 4.78 is 26.9. The van der Waals surface area contributed by atoms with Gasteiger partial charge in [0.25, 0.3) is 10.8 Å². The molecule has 2 aromatic heterocycles. The van der Waals surface area contributed by atoms with Crippen molar-refractivity contribution < 1.29 is 23.4 Å². The molecule has 10 nitrogen and oxygen atoms in total. The minimum atomic E-state index is -0.270. The number of methoxy groups -OCH3 is 2. The number of ether oxygens (including phenoxy) is 4. The second kappa shape index (κ2) is 7.84. The number of hydrogen-bond donors (Lipinski definition) is 1. The van der Waals surface area contributed by atoms with Crippen molar-refractivity contribution in [1.29, 1.82) is 0 Å². The lowest BCUT2D eigenvalue weighted by Gasteiger charge is -2.09. The number of benzene rings is 2. The molecule has 1 aliphatic rings. The highest BCUT2D eigenvalue weighted by atomic mass is 32.2. The quantitative estimate of drug-likeness (QED) is 0.448. The summed E-state index contributed by atoms with van der Waals surface area (Å²) in [4.78, 5) is 19.8. The lowest BCUT2D eigenvalue weighted by atomic mass is 10.2. The van der Waals surface area contributed by atoms with Crippen molar-refractivity contribution in [2.75, 3.05) is 21.0 Å². The van der Waals surface area contributed by atoms with Gasteiger partial charge < -0.3 is 28.3 Å². The van der Waals surface area contributed by atoms with Crippen LogP contribution in [0.25, 0.3) is 22.4 Å². The Morgan fingerprint density at radius 3 is 2.71 bits per heavy atom. The van der Waals surface area contributed by atoms with Crippen LogP contribution in [0.4, 0.5) is 0 Å². The van der Waals surface area contributed by atoms with E-state index in [4.69, 9.17) is 23.4 Å². The van der Waals surface area contributed by atoms with E-state index < -0.39 is 0 Å². The molecule has 4 aromatic rings. The summed E-state index contributed by atoms with van der Waals surface area (Å²) in [5, 5.41) is 8.89. The van der Waals surface area contributed by atoms with Gasteiger partial charge in [-0.2, -0.15) is 0 Å². The Bertz CT molecular complexity index is 1340. The van der Waals surface area contributed by atoms with Crippen LogP contribution in [-0.4, -0.2) is 41.2 Å². The van der Waals surface area contributed by atoms with Crippen molar-refractivity contribution in [3.8, 4) is 34.5 Å². The van der Waals surface area contributed by atoms with E-state index in [-0.39, 0.29) is 12.4 Å². The summed E-state index contributed by atoms with van der Waals surface area (Å²) >= 11 is 1.26. The first-order valence-electron chi connectivity index (χ1n) is 9.16. The van der Waals surface area contributed by atoms with Crippen LogP contribution in [0.2, 0.25) is 0 Å². The average Bonchev–Trinajstić information content (AvgIpc) is 3.45. The van der Waals surface area contributed by atoms with Gasteiger partial charge in [-0.25, -0.2) is 4.98 Å². The zero-order chi connectivity index (χ0) is 21.4. The second-order valence-electron chi connectivity index (χ2n) is 6.47. The molecular formula is C20H16N4O6S. The van der Waals surface area contributed by atoms with Gasteiger partial charge in [-0.3, -0.25) is 4.79 Å². The number of aromatic amines is 1. The smallest absolute Gasteiger partial charge is 0.277 e. The SMILES string of the molecule is COc1cc2nc(CSc3nnc(-c4ccc5c(c4)OCO5)o3)[nH]c(=O)c2cc1OC. The Kier molecular flexibility index (Phi) is 4.86. The molecule has 0 saturated carbocycles. The molecule has 0 amide bonds. The minimum Gasteiger partial charge on any atom is -0.493 e. The van der Waals surface area contributed by atoms with Crippen molar-refractivity contribution in [3.05, 3.63) is 46.5 Å². The zero-order valence-corrected chi connectivity index (χ0v) is 17.3. The largest absolute Gasteiger partial charge is 0.493 e. The van der Waals surface area contributed by atoms with Gasteiger partial charge in [0.1, 0.15) is 5.82 Å². The van der Waals surface area contributed by atoms with Gasteiger partial charge in [0, 0.05) is 11.6 Å². The molecular weight excluding hydrogens is 424 g/mol. The standard InChI is InChI=1S/C20H16N4O6S/c1-26-14-6-11-12(7-15(14)27-2)21-17(22-18(11)25)8-31-20-24-23-19(30-20)10-3-4-13-16(5-10)29-9-28-13/h3-7H,8-9H2,1-2H3,(H,21,22,25). The molecule has 0 bridgehead atoms. The van der Waals surface area contributed by atoms with Crippen LogP contribution >= 0.6 is 11.8 Å². The maximum absolute atomic E-state index is 12.5. The van der Waals surface area contributed by atoms with Gasteiger partial charge in [0.2, 0.25) is 12.7 Å². The summed E-state index contributed by atoms with van der Waals surface area (Å²) in [6.45, 7) is 0.194. The van der Waals surface area contributed by atoms with Gasteiger partial charge in [0.05, 0.1) is 30.9 Å². The molecule has 5 rings (SSSR count). The Morgan fingerprint density at radius 2 is 1.87 bits per heavy atom. The summed E-state index contributed by atoms with van der Waals surface area (Å²) in [5.41, 5.74) is 0.957. The topological polar surface area (TPSA) is 122 Å². The van der Waals surface area contributed by atoms with E-state index >= 15 is 0 Å². The molecule has 11 heteroatoms. The van der Waals surface area contributed by atoms with E-state index in [9.17, 15) is 4.79 Å². The van der Waals surface area contributed by atoms with E-state index in [1.54, 1.807) is 24.3 Å². The molecule has 0 radical (unpaired) electrons. The highest BCUT2D eigenvalue weighted by Gasteiger charge is 2.17. The number of nitrogens with zero attached hydrogens (tertiary/aromatic N) is 3. The third-order valence-electron chi connectivity index (χ3n) is 4.62. The molecule has 1 N–H and O–H groups in total. The molecule has 3 heterocycles. The Labute approximate surface area is 179 Å². The van der Waals surface area contributed by atoms with Crippen LogP contribution < -0.4 is 24.5 Å². The number of hydrogen-bond acceptors (Lipinski definition) is 10. The predicted molar refractivity (Wildman–Crippen MR) is 111 cm³/mol. The Balaban J connectivity index is 1.36. The van der Waals surface area contributed by atoms with E-state index in [0.717, 1.165) is 5.56 Å². The number of aromatic nitrogens is 4. The second-order valence-corrected chi connectivity index (χ2v) is 7.39.